The molecule has 0 spiro atoms. The average Bonchev–Trinajstić information content (AvgIpc) is 2.32. The number of hydrogen-bond acceptors (Lipinski definition) is 4. The molecule has 2 bridgehead atoms. The van der Waals surface area contributed by atoms with Crippen LogP contribution in [0.15, 0.2) is 0 Å². The van der Waals surface area contributed by atoms with E-state index in [0.29, 0.717) is 13.2 Å². The Bertz CT molecular complexity index is 274. The molecular weight excluding hydrogens is 220 g/mol. The maximum atomic E-state index is 12.2. The third kappa shape index (κ3) is 3.10. The van der Waals surface area contributed by atoms with Crippen LogP contribution in [0.25, 0.3) is 0 Å². The molecule has 2 fully saturated rings. The van der Waals surface area contributed by atoms with Crippen molar-refractivity contribution in [3.05, 3.63) is 0 Å². The second-order valence-electron chi connectivity index (χ2n) is 5.73. The van der Waals surface area contributed by atoms with Gasteiger partial charge in [0.15, 0.2) is 0 Å². The number of ether oxygens (including phenoxy) is 2. The molecule has 0 saturated carbocycles. The number of carbonyl (C=O) groups excluding carboxylic acids is 1. The lowest BCUT2D eigenvalue weighted by Gasteiger charge is -2.40. The Morgan fingerprint density at radius 2 is 2.06 bits per heavy atom. The zero-order valence-corrected chi connectivity index (χ0v) is 10.9. The largest absolute Gasteiger partial charge is 0.444 e. The molecule has 2 aliphatic heterocycles. The van der Waals surface area contributed by atoms with Gasteiger partial charge in [0.05, 0.1) is 25.3 Å². The topological polar surface area (TPSA) is 50.8 Å². The number of carbonyl (C=O) groups is 1. The summed E-state index contributed by atoms with van der Waals surface area (Å²) in [6, 6.07) is 0.254. The molecular formula is C12H22N2O3. The summed E-state index contributed by atoms with van der Waals surface area (Å²) in [7, 11) is 0. The lowest BCUT2D eigenvalue weighted by atomic mass is 10.1. The van der Waals surface area contributed by atoms with Crippen LogP contribution in [-0.2, 0) is 9.47 Å². The van der Waals surface area contributed by atoms with Gasteiger partial charge in [-0.2, -0.15) is 0 Å². The third-order valence-electron chi connectivity index (χ3n) is 3.05. The zero-order chi connectivity index (χ0) is 12.5. The van der Waals surface area contributed by atoms with E-state index >= 15 is 0 Å². The highest BCUT2D eigenvalue weighted by molar-refractivity contribution is 5.69. The summed E-state index contributed by atoms with van der Waals surface area (Å²) in [6.45, 7) is 8.63. The van der Waals surface area contributed by atoms with Crippen molar-refractivity contribution in [3.8, 4) is 0 Å². The van der Waals surface area contributed by atoms with Gasteiger partial charge >= 0.3 is 6.09 Å². The van der Waals surface area contributed by atoms with Crippen LogP contribution in [0.3, 0.4) is 0 Å². The van der Waals surface area contributed by atoms with Crippen LogP contribution in [-0.4, -0.2) is 55.0 Å². The van der Waals surface area contributed by atoms with Crippen LogP contribution in [0.2, 0.25) is 0 Å². The average molecular weight is 242 g/mol. The monoisotopic (exact) mass is 242 g/mol. The third-order valence-corrected chi connectivity index (χ3v) is 3.05. The predicted octanol–water partition coefficient (Wildman–Crippen LogP) is 0.984. The number of nitrogens with one attached hydrogen (secondary N) is 1. The van der Waals surface area contributed by atoms with Gasteiger partial charge < -0.3 is 14.8 Å². The first-order valence-electron chi connectivity index (χ1n) is 6.27. The lowest BCUT2D eigenvalue weighted by Crippen LogP contribution is -2.56. The van der Waals surface area contributed by atoms with Gasteiger partial charge in [0, 0.05) is 6.54 Å². The van der Waals surface area contributed by atoms with Crippen molar-refractivity contribution in [2.75, 3.05) is 26.3 Å². The molecule has 1 N–H and O–H groups in total. The Morgan fingerprint density at radius 3 is 2.76 bits per heavy atom. The molecule has 0 aromatic heterocycles. The molecule has 5 heteroatoms. The second-order valence-corrected chi connectivity index (χ2v) is 5.73. The summed E-state index contributed by atoms with van der Waals surface area (Å²) in [5, 5.41) is 3.34. The molecule has 2 atom stereocenters. The Morgan fingerprint density at radius 1 is 1.35 bits per heavy atom. The van der Waals surface area contributed by atoms with E-state index < -0.39 is 5.60 Å². The molecule has 2 aliphatic rings. The van der Waals surface area contributed by atoms with Crippen molar-refractivity contribution < 1.29 is 14.3 Å². The summed E-state index contributed by atoms with van der Waals surface area (Å²) < 4.78 is 11.0. The zero-order valence-electron chi connectivity index (χ0n) is 10.9. The first-order chi connectivity index (χ1) is 7.97. The minimum absolute atomic E-state index is 0.103. The summed E-state index contributed by atoms with van der Waals surface area (Å²) in [4.78, 5) is 14.1. The molecule has 2 rings (SSSR count). The van der Waals surface area contributed by atoms with Crippen molar-refractivity contribution in [1.29, 1.82) is 0 Å². The Labute approximate surface area is 102 Å². The number of hydrogen-bond donors (Lipinski definition) is 1. The summed E-state index contributed by atoms with van der Waals surface area (Å²) in [6.07, 6.45) is 0.718. The summed E-state index contributed by atoms with van der Waals surface area (Å²) in [5.74, 6) is 0. The van der Waals surface area contributed by atoms with Crippen molar-refractivity contribution >= 4 is 6.09 Å². The van der Waals surface area contributed by atoms with Crippen LogP contribution in [0.1, 0.15) is 27.2 Å². The number of fused-ring (bicyclic) bond motifs is 2. The number of nitrogens with zero attached hydrogens (tertiary/aromatic N) is 1. The molecule has 5 nitrogen and oxygen atoms in total. The maximum Gasteiger partial charge on any atom is 0.410 e. The highest BCUT2D eigenvalue weighted by atomic mass is 16.6. The summed E-state index contributed by atoms with van der Waals surface area (Å²) >= 11 is 0. The fourth-order valence-electron chi connectivity index (χ4n) is 2.33. The number of rotatable bonds is 0. The molecule has 0 aromatic rings. The quantitative estimate of drug-likeness (QED) is 0.688. The van der Waals surface area contributed by atoms with E-state index in [2.05, 4.69) is 5.32 Å². The van der Waals surface area contributed by atoms with Crippen LogP contribution < -0.4 is 5.32 Å². The van der Waals surface area contributed by atoms with E-state index in [1.165, 1.54) is 0 Å². The van der Waals surface area contributed by atoms with E-state index in [4.69, 9.17) is 9.47 Å². The van der Waals surface area contributed by atoms with E-state index in [1.54, 1.807) is 0 Å². The Kier molecular flexibility index (Phi) is 3.58. The molecule has 0 aliphatic carbocycles. The highest BCUT2D eigenvalue weighted by Crippen LogP contribution is 2.21. The molecule has 1 amide bonds. The Hall–Kier alpha value is -0.810. The van der Waals surface area contributed by atoms with Crippen molar-refractivity contribution in [2.24, 2.45) is 0 Å². The van der Waals surface area contributed by atoms with E-state index in [-0.39, 0.29) is 18.2 Å². The number of morpholine rings is 1. The minimum Gasteiger partial charge on any atom is -0.444 e. The summed E-state index contributed by atoms with van der Waals surface area (Å²) in [5.41, 5.74) is -0.439. The van der Waals surface area contributed by atoms with Crippen LogP contribution in [0, 0.1) is 0 Å². The van der Waals surface area contributed by atoms with Crippen LogP contribution in [0.4, 0.5) is 4.79 Å². The van der Waals surface area contributed by atoms with Crippen molar-refractivity contribution in [3.63, 3.8) is 0 Å². The van der Waals surface area contributed by atoms with Crippen LogP contribution in [0.5, 0.6) is 0 Å². The minimum atomic E-state index is -0.439. The predicted molar refractivity (Wildman–Crippen MR) is 64.0 cm³/mol. The molecule has 2 saturated heterocycles. The molecule has 0 radical (unpaired) electrons. The first-order valence-corrected chi connectivity index (χ1v) is 6.27. The lowest BCUT2D eigenvalue weighted by molar-refractivity contribution is -0.0555. The smallest absolute Gasteiger partial charge is 0.410 e. The van der Waals surface area contributed by atoms with Gasteiger partial charge in [-0.1, -0.05) is 0 Å². The van der Waals surface area contributed by atoms with Crippen molar-refractivity contribution in [1.82, 2.24) is 10.2 Å². The molecule has 0 aromatic carbocycles. The highest BCUT2D eigenvalue weighted by Gasteiger charge is 2.38. The van der Waals surface area contributed by atoms with Gasteiger partial charge in [-0.3, -0.25) is 4.90 Å². The fourth-order valence-corrected chi connectivity index (χ4v) is 2.33. The molecule has 98 valence electrons. The normalized spacial score (nSPS) is 29.7. The standard InChI is InChI=1S/C12H22N2O3/c1-12(2,3)17-11(15)14-9-4-5-13-6-10(14)8-16-7-9/h9-10,13H,4-8H2,1-3H3. The molecule has 17 heavy (non-hydrogen) atoms. The van der Waals surface area contributed by atoms with Crippen molar-refractivity contribution in [2.45, 2.75) is 44.9 Å². The molecule has 2 heterocycles. The van der Waals surface area contributed by atoms with Gasteiger partial charge in [-0.05, 0) is 33.7 Å². The Balaban J connectivity index is 2.08. The van der Waals surface area contributed by atoms with Gasteiger partial charge in [0.1, 0.15) is 5.60 Å². The second kappa shape index (κ2) is 4.82. The van der Waals surface area contributed by atoms with Gasteiger partial charge in [-0.25, -0.2) is 4.79 Å². The van der Waals surface area contributed by atoms with E-state index in [1.807, 2.05) is 25.7 Å². The SMILES string of the molecule is CC(C)(C)OC(=O)N1C2CCNCC1COC2. The van der Waals surface area contributed by atoms with Gasteiger partial charge in [0.25, 0.3) is 0 Å². The number of amides is 1. The van der Waals surface area contributed by atoms with Gasteiger partial charge in [0.2, 0.25) is 0 Å². The fraction of sp³-hybridized carbons (Fsp3) is 0.917. The molecule has 2 unspecified atom stereocenters. The van der Waals surface area contributed by atoms with Gasteiger partial charge in [-0.15, -0.1) is 0 Å². The first kappa shape index (κ1) is 12.6. The van der Waals surface area contributed by atoms with Crippen LogP contribution >= 0.6 is 0 Å². The van der Waals surface area contributed by atoms with E-state index in [9.17, 15) is 4.79 Å². The van der Waals surface area contributed by atoms with E-state index in [0.717, 1.165) is 19.5 Å². The maximum absolute atomic E-state index is 12.2.